The molecule has 1 aromatic carbocycles. The van der Waals surface area contributed by atoms with E-state index in [1.807, 2.05) is 26.0 Å². The van der Waals surface area contributed by atoms with E-state index in [0.717, 1.165) is 5.56 Å². The highest BCUT2D eigenvalue weighted by molar-refractivity contribution is 7.93. The third-order valence-corrected chi connectivity index (χ3v) is 5.56. The fourth-order valence-corrected chi connectivity index (χ4v) is 3.05. The van der Waals surface area contributed by atoms with Crippen LogP contribution in [0.15, 0.2) is 23.1 Å². The van der Waals surface area contributed by atoms with Crippen molar-refractivity contribution in [1.29, 1.82) is 5.26 Å². The van der Waals surface area contributed by atoms with Gasteiger partial charge in [0.25, 0.3) is 0 Å². The summed E-state index contributed by atoms with van der Waals surface area (Å²) in [6.45, 7) is 8.64. The van der Waals surface area contributed by atoms with Gasteiger partial charge in [0.15, 0.2) is 14.6 Å². The van der Waals surface area contributed by atoms with Gasteiger partial charge in [0.1, 0.15) is 0 Å². The quantitative estimate of drug-likeness (QED) is 0.843. The number of hydrogen-bond donors (Lipinski definition) is 0. The highest BCUT2D eigenvalue weighted by Gasteiger charge is 2.37. The lowest BCUT2D eigenvalue weighted by Crippen LogP contribution is -2.30. The molecule has 98 valence electrons. The van der Waals surface area contributed by atoms with E-state index in [9.17, 15) is 8.42 Å². The van der Waals surface area contributed by atoms with E-state index in [2.05, 4.69) is 0 Å². The minimum atomic E-state index is -3.64. The van der Waals surface area contributed by atoms with Crippen molar-refractivity contribution in [3.05, 3.63) is 29.3 Å². The Hall–Kier alpha value is -1.34. The van der Waals surface area contributed by atoms with Crippen LogP contribution >= 0.6 is 0 Å². The van der Waals surface area contributed by atoms with E-state index in [-0.39, 0.29) is 10.8 Å². The molecule has 0 fully saturated rings. The van der Waals surface area contributed by atoms with Gasteiger partial charge >= 0.3 is 0 Å². The largest absolute Gasteiger partial charge is 0.222 e. The van der Waals surface area contributed by atoms with Gasteiger partial charge in [0.05, 0.1) is 11.0 Å². The Bertz CT molecular complexity index is 593. The smallest absolute Gasteiger partial charge is 0.197 e. The van der Waals surface area contributed by atoms with E-state index in [0.29, 0.717) is 5.56 Å². The molecule has 0 bridgehead atoms. The van der Waals surface area contributed by atoms with Crippen LogP contribution < -0.4 is 0 Å². The van der Waals surface area contributed by atoms with Crippen molar-refractivity contribution in [3.8, 4) is 6.07 Å². The number of nitriles is 1. The molecule has 0 aromatic heterocycles. The van der Waals surface area contributed by atoms with E-state index < -0.39 is 14.6 Å². The summed E-state index contributed by atoms with van der Waals surface area (Å²) in [6.07, 6.45) is 0. The fourth-order valence-electron chi connectivity index (χ4n) is 1.60. The zero-order valence-electron chi connectivity index (χ0n) is 11.5. The Labute approximate surface area is 109 Å². The number of sulfone groups is 1. The first-order valence-corrected chi connectivity index (χ1v) is 7.38. The van der Waals surface area contributed by atoms with E-state index in [4.69, 9.17) is 5.26 Å². The monoisotopic (exact) mass is 265 g/mol. The van der Waals surface area contributed by atoms with Crippen molar-refractivity contribution in [3.63, 3.8) is 0 Å². The van der Waals surface area contributed by atoms with E-state index in [1.54, 1.807) is 19.1 Å². The SMILES string of the molecule is Cc1ccc(C(C)C)cc1S(=O)(=O)C(C)(C)C#N. The van der Waals surface area contributed by atoms with Gasteiger partial charge < -0.3 is 0 Å². The second kappa shape index (κ2) is 4.74. The first kappa shape index (κ1) is 14.7. The third kappa shape index (κ3) is 2.41. The summed E-state index contributed by atoms with van der Waals surface area (Å²) in [5, 5.41) is 9.03. The number of rotatable bonds is 3. The van der Waals surface area contributed by atoms with Crippen molar-refractivity contribution in [2.24, 2.45) is 0 Å². The number of hydrogen-bond acceptors (Lipinski definition) is 3. The van der Waals surface area contributed by atoms with Gasteiger partial charge in [-0.2, -0.15) is 5.26 Å². The van der Waals surface area contributed by atoms with Crippen molar-refractivity contribution < 1.29 is 8.42 Å². The van der Waals surface area contributed by atoms with Crippen molar-refractivity contribution in [2.75, 3.05) is 0 Å². The van der Waals surface area contributed by atoms with Gasteiger partial charge in [0.2, 0.25) is 0 Å². The zero-order chi connectivity index (χ0) is 14.1. The summed E-state index contributed by atoms with van der Waals surface area (Å²) in [5.74, 6) is 0.254. The summed E-state index contributed by atoms with van der Waals surface area (Å²) < 4.78 is 23.5. The van der Waals surface area contributed by atoms with Gasteiger partial charge in [-0.15, -0.1) is 0 Å². The molecule has 0 aliphatic carbocycles. The molecular formula is C14H19NO2S. The summed E-state index contributed by atoms with van der Waals surface area (Å²) in [7, 11) is -3.64. The molecule has 0 atom stereocenters. The van der Waals surface area contributed by atoms with Gasteiger partial charge in [-0.25, -0.2) is 8.42 Å². The predicted molar refractivity (Wildman–Crippen MR) is 72.1 cm³/mol. The van der Waals surface area contributed by atoms with Crippen LogP contribution in [0.1, 0.15) is 44.7 Å². The normalized spacial score (nSPS) is 12.5. The van der Waals surface area contributed by atoms with Crippen LogP contribution in [0.4, 0.5) is 0 Å². The Balaban J connectivity index is 3.52. The second-order valence-corrected chi connectivity index (χ2v) is 7.77. The standard InChI is InChI=1S/C14H19NO2S/c1-10(2)12-7-6-11(3)13(8-12)18(16,17)14(4,5)9-15/h6-8,10H,1-5H3. The number of benzene rings is 1. The molecular weight excluding hydrogens is 246 g/mol. The molecule has 0 aliphatic rings. The van der Waals surface area contributed by atoms with Crippen molar-refractivity contribution >= 4 is 9.84 Å². The minimum absolute atomic E-state index is 0.254. The molecule has 0 amide bonds. The maximum absolute atomic E-state index is 12.5. The van der Waals surface area contributed by atoms with Crippen LogP contribution in [0.3, 0.4) is 0 Å². The topological polar surface area (TPSA) is 57.9 Å². The van der Waals surface area contributed by atoms with Crippen LogP contribution in [0.25, 0.3) is 0 Å². The zero-order valence-corrected chi connectivity index (χ0v) is 12.3. The molecule has 3 nitrogen and oxygen atoms in total. The van der Waals surface area contributed by atoms with Crippen molar-refractivity contribution in [2.45, 2.75) is 50.2 Å². The Morgan fingerprint density at radius 2 is 1.83 bits per heavy atom. The average molecular weight is 265 g/mol. The molecule has 0 saturated carbocycles. The minimum Gasteiger partial charge on any atom is -0.222 e. The molecule has 0 unspecified atom stereocenters. The van der Waals surface area contributed by atoms with Gasteiger partial charge in [0, 0.05) is 0 Å². The Morgan fingerprint density at radius 3 is 2.28 bits per heavy atom. The molecule has 1 aromatic rings. The molecule has 0 heterocycles. The number of aryl methyl sites for hydroxylation is 1. The van der Waals surface area contributed by atoms with Crippen LogP contribution in [0, 0.1) is 18.3 Å². The lowest BCUT2D eigenvalue weighted by Gasteiger charge is -2.19. The average Bonchev–Trinajstić information content (AvgIpc) is 2.28. The molecule has 4 heteroatoms. The Morgan fingerprint density at radius 1 is 1.28 bits per heavy atom. The molecule has 0 N–H and O–H groups in total. The van der Waals surface area contributed by atoms with Gasteiger partial charge in [-0.1, -0.05) is 26.0 Å². The van der Waals surface area contributed by atoms with Crippen LogP contribution in [-0.4, -0.2) is 13.2 Å². The van der Waals surface area contributed by atoms with E-state index >= 15 is 0 Å². The highest BCUT2D eigenvalue weighted by Crippen LogP contribution is 2.29. The molecule has 1 rings (SSSR count). The molecule has 18 heavy (non-hydrogen) atoms. The summed E-state index contributed by atoms with van der Waals surface area (Å²) in [6, 6.07) is 7.29. The summed E-state index contributed by atoms with van der Waals surface area (Å²) in [4.78, 5) is 0.264. The number of nitrogens with zero attached hydrogens (tertiary/aromatic N) is 1. The summed E-state index contributed by atoms with van der Waals surface area (Å²) in [5.41, 5.74) is 1.65. The first-order valence-electron chi connectivity index (χ1n) is 5.90. The lowest BCUT2D eigenvalue weighted by molar-refractivity contribution is 0.573. The van der Waals surface area contributed by atoms with Gasteiger partial charge in [-0.3, -0.25) is 0 Å². The van der Waals surface area contributed by atoms with E-state index in [1.165, 1.54) is 13.8 Å². The fraction of sp³-hybridized carbons (Fsp3) is 0.500. The maximum Gasteiger partial charge on any atom is 0.197 e. The van der Waals surface area contributed by atoms with Crippen LogP contribution in [-0.2, 0) is 9.84 Å². The van der Waals surface area contributed by atoms with Crippen LogP contribution in [0.5, 0.6) is 0 Å². The molecule has 0 saturated heterocycles. The maximum atomic E-state index is 12.5. The van der Waals surface area contributed by atoms with Gasteiger partial charge in [-0.05, 0) is 43.9 Å². The third-order valence-electron chi connectivity index (χ3n) is 3.11. The Kier molecular flexibility index (Phi) is 3.87. The van der Waals surface area contributed by atoms with Crippen LogP contribution in [0.2, 0.25) is 0 Å². The van der Waals surface area contributed by atoms with Crippen molar-refractivity contribution in [1.82, 2.24) is 0 Å². The highest BCUT2D eigenvalue weighted by atomic mass is 32.2. The molecule has 0 radical (unpaired) electrons. The predicted octanol–water partition coefficient (Wildman–Crippen LogP) is 3.19. The molecule has 0 aliphatic heterocycles. The summed E-state index contributed by atoms with van der Waals surface area (Å²) >= 11 is 0. The first-order chi connectivity index (χ1) is 8.13. The molecule has 0 spiro atoms. The second-order valence-electron chi connectivity index (χ2n) is 5.31. The lowest BCUT2D eigenvalue weighted by atomic mass is 10.0.